The van der Waals surface area contributed by atoms with Crippen molar-refractivity contribution in [2.45, 2.75) is 52.4 Å². The van der Waals surface area contributed by atoms with Crippen molar-refractivity contribution in [3.05, 3.63) is 41.2 Å². The van der Waals surface area contributed by atoms with Crippen LogP contribution in [0.15, 0.2) is 18.3 Å². The van der Waals surface area contributed by atoms with E-state index in [4.69, 9.17) is 9.47 Å². The molecule has 0 radical (unpaired) electrons. The van der Waals surface area contributed by atoms with E-state index in [1.54, 1.807) is 34.6 Å². The summed E-state index contributed by atoms with van der Waals surface area (Å²) in [5.41, 5.74) is -1.18. The minimum atomic E-state index is -1.15. The minimum absolute atomic E-state index is 0.0655. The Labute approximate surface area is 188 Å². The van der Waals surface area contributed by atoms with Gasteiger partial charge in [0.1, 0.15) is 34.0 Å². The highest BCUT2D eigenvalue weighted by Gasteiger charge is 2.38. The molecule has 1 amide bonds. The van der Waals surface area contributed by atoms with E-state index in [-0.39, 0.29) is 29.1 Å². The Morgan fingerprint density at radius 2 is 1.85 bits per heavy atom. The van der Waals surface area contributed by atoms with Crippen LogP contribution >= 0.6 is 0 Å². The van der Waals surface area contributed by atoms with Gasteiger partial charge in [-0.15, -0.1) is 0 Å². The highest BCUT2D eigenvalue weighted by molar-refractivity contribution is 5.90. The maximum absolute atomic E-state index is 15.1. The van der Waals surface area contributed by atoms with Crippen LogP contribution < -0.4 is 0 Å². The fourth-order valence-corrected chi connectivity index (χ4v) is 3.53. The quantitative estimate of drug-likeness (QED) is 0.573. The number of carbonyl (C=O) groups excluding carboxylic acids is 2. The molecular formula is C22H23F2N5O4. The lowest BCUT2D eigenvalue weighted by Gasteiger charge is -2.29. The second-order valence-corrected chi connectivity index (χ2v) is 9.34. The summed E-state index contributed by atoms with van der Waals surface area (Å²) >= 11 is 0. The Morgan fingerprint density at radius 3 is 2.45 bits per heavy atom. The average Bonchev–Trinajstić information content (AvgIpc) is 3.08. The number of nitrogens with zero attached hydrogens (tertiary/aromatic N) is 5. The molecule has 3 aromatic rings. The van der Waals surface area contributed by atoms with Gasteiger partial charge in [-0.1, -0.05) is 0 Å². The van der Waals surface area contributed by atoms with Crippen molar-refractivity contribution in [3.8, 4) is 11.4 Å². The van der Waals surface area contributed by atoms with Gasteiger partial charge in [0.25, 0.3) is 0 Å². The first-order valence-corrected chi connectivity index (χ1v) is 10.2. The molecule has 1 aliphatic heterocycles. The Kier molecular flexibility index (Phi) is 5.10. The van der Waals surface area contributed by atoms with Crippen LogP contribution in [0.25, 0.3) is 22.4 Å². The number of ether oxygens (including phenoxy) is 2. The molecular weight excluding hydrogens is 436 g/mol. The highest BCUT2D eigenvalue weighted by Crippen LogP contribution is 2.36. The molecule has 11 heteroatoms. The Balaban J connectivity index is 1.72. The number of halogens is 2. The number of aromatic nitrogens is 4. The number of cyclic esters (lactones) is 1. The van der Waals surface area contributed by atoms with Gasteiger partial charge in [-0.25, -0.2) is 28.3 Å². The first-order valence-electron chi connectivity index (χ1n) is 10.2. The third kappa shape index (κ3) is 4.10. The molecule has 0 N–H and O–H groups in total. The first kappa shape index (κ1) is 22.6. The van der Waals surface area contributed by atoms with Crippen LogP contribution in [-0.2, 0) is 21.6 Å². The molecule has 1 aromatic carbocycles. The van der Waals surface area contributed by atoms with E-state index in [2.05, 4.69) is 15.1 Å². The fraction of sp³-hybridized carbons (Fsp3) is 0.409. The standard InChI is InChI=1S/C22H23F2N5O4/c1-21(2,3)32-19(30)28(6)10-11-7-12(23)15(13(24)8-11)18-26-14-9-25-29-16(14)17(27-18)22(4,5)33-20(29)31/h7-9H,10H2,1-6H3. The summed E-state index contributed by atoms with van der Waals surface area (Å²) in [5, 5.41) is 3.94. The van der Waals surface area contributed by atoms with Gasteiger partial charge in [0, 0.05) is 13.6 Å². The molecule has 4 rings (SSSR count). The zero-order valence-corrected chi connectivity index (χ0v) is 19.1. The van der Waals surface area contributed by atoms with Gasteiger partial charge in [0.2, 0.25) is 0 Å². The van der Waals surface area contributed by atoms with Gasteiger partial charge in [0.15, 0.2) is 11.4 Å². The predicted octanol–water partition coefficient (Wildman–Crippen LogP) is 4.37. The predicted molar refractivity (Wildman–Crippen MR) is 113 cm³/mol. The number of rotatable bonds is 3. The molecule has 0 spiro atoms. The molecule has 174 valence electrons. The van der Waals surface area contributed by atoms with E-state index in [1.807, 2.05) is 0 Å². The molecule has 3 heterocycles. The van der Waals surface area contributed by atoms with Gasteiger partial charge in [-0.05, 0) is 52.3 Å². The van der Waals surface area contributed by atoms with Crippen molar-refractivity contribution in [2.24, 2.45) is 0 Å². The van der Waals surface area contributed by atoms with E-state index in [1.165, 1.54) is 18.1 Å². The zero-order valence-electron chi connectivity index (χ0n) is 19.1. The summed E-state index contributed by atoms with van der Waals surface area (Å²) in [6, 6.07) is 2.24. The zero-order chi connectivity index (χ0) is 24.3. The molecule has 0 saturated heterocycles. The van der Waals surface area contributed by atoms with Crippen LogP contribution in [0.4, 0.5) is 18.4 Å². The Hall–Kier alpha value is -3.63. The summed E-state index contributed by atoms with van der Waals surface area (Å²) in [4.78, 5) is 34.1. The van der Waals surface area contributed by atoms with Crippen LogP contribution in [0, 0.1) is 11.6 Å². The normalized spacial score (nSPS) is 14.8. The second kappa shape index (κ2) is 7.46. The first-order chi connectivity index (χ1) is 15.3. The van der Waals surface area contributed by atoms with E-state index in [0.717, 1.165) is 16.8 Å². The van der Waals surface area contributed by atoms with Crippen molar-refractivity contribution in [3.63, 3.8) is 0 Å². The lowest BCUT2D eigenvalue weighted by atomic mass is 10.0. The summed E-state index contributed by atoms with van der Waals surface area (Å²) in [6.45, 7) is 8.35. The third-order valence-corrected chi connectivity index (χ3v) is 4.95. The maximum atomic E-state index is 15.1. The van der Waals surface area contributed by atoms with Gasteiger partial charge < -0.3 is 14.4 Å². The molecule has 0 atom stereocenters. The molecule has 9 nitrogen and oxygen atoms in total. The van der Waals surface area contributed by atoms with E-state index in [9.17, 15) is 9.59 Å². The number of hydrogen-bond donors (Lipinski definition) is 0. The van der Waals surface area contributed by atoms with Crippen molar-refractivity contribution in [2.75, 3.05) is 7.05 Å². The van der Waals surface area contributed by atoms with Crippen LogP contribution in [0.2, 0.25) is 0 Å². The SMILES string of the molecule is CN(Cc1cc(F)c(-c2nc3c4c(cnn4C(=O)OC3(C)C)n2)c(F)c1)C(=O)OC(C)(C)C. The molecule has 0 saturated carbocycles. The van der Waals surface area contributed by atoms with Crippen LogP contribution in [-0.4, -0.2) is 49.5 Å². The fourth-order valence-electron chi connectivity index (χ4n) is 3.53. The van der Waals surface area contributed by atoms with E-state index >= 15 is 8.78 Å². The monoisotopic (exact) mass is 459 g/mol. The van der Waals surface area contributed by atoms with Gasteiger partial charge in [-0.2, -0.15) is 9.78 Å². The number of carbonyl (C=O) groups is 2. The lowest BCUT2D eigenvalue weighted by Crippen LogP contribution is -2.35. The molecule has 2 aromatic heterocycles. The van der Waals surface area contributed by atoms with Crippen molar-refractivity contribution in [1.82, 2.24) is 24.6 Å². The van der Waals surface area contributed by atoms with Crippen LogP contribution in [0.5, 0.6) is 0 Å². The van der Waals surface area contributed by atoms with Crippen molar-refractivity contribution in [1.29, 1.82) is 0 Å². The summed E-state index contributed by atoms with van der Waals surface area (Å²) in [5.74, 6) is -2.00. The van der Waals surface area contributed by atoms with E-state index in [0.29, 0.717) is 5.52 Å². The average molecular weight is 459 g/mol. The molecule has 0 unspecified atom stereocenters. The third-order valence-electron chi connectivity index (χ3n) is 4.95. The molecule has 1 aliphatic rings. The lowest BCUT2D eigenvalue weighted by molar-refractivity contribution is 0.0269. The Morgan fingerprint density at radius 1 is 1.21 bits per heavy atom. The van der Waals surface area contributed by atoms with Gasteiger partial charge >= 0.3 is 12.2 Å². The number of hydrogen-bond acceptors (Lipinski definition) is 7. The summed E-state index contributed by atoms with van der Waals surface area (Å²) in [7, 11) is 1.47. The molecule has 33 heavy (non-hydrogen) atoms. The number of amides is 1. The molecule has 0 fully saturated rings. The molecule has 0 bridgehead atoms. The van der Waals surface area contributed by atoms with E-state index < -0.39 is 40.6 Å². The topological polar surface area (TPSA) is 99.4 Å². The van der Waals surface area contributed by atoms with Gasteiger partial charge in [-0.3, -0.25) is 0 Å². The van der Waals surface area contributed by atoms with Crippen LogP contribution in [0.1, 0.15) is 45.9 Å². The second-order valence-electron chi connectivity index (χ2n) is 9.34. The van der Waals surface area contributed by atoms with Crippen LogP contribution in [0.3, 0.4) is 0 Å². The summed E-state index contributed by atoms with van der Waals surface area (Å²) < 4.78 is 41.8. The minimum Gasteiger partial charge on any atom is -0.444 e. The van der Waals surface area contributed by atoms with Crippen molar-refractivity contribution >= 4 is 23.2 Å². The van der Waals surface area contributed by atoms with Crippen molar-refractivity contribution < 1.29 is 27.8 Å². The Bertz CT molecular complexity index is 1270. The smallest absolute Gasteiger partial charge is 0.436 e. The largest absolute Gasteiger partial charge is 0.444 e. The number of benzene rings is 1. The van der Waals surface area contributed by atoms with Gasteiger partial charge in [0.05, 0.1) is 11.8 Å². The maximum Gasteiger partial charge on any atom is 0.436 e. The summed E-state index contributed by atoms with van der Waals surface area (Å²) in [6.07, 6.45) is 0.0101. The molecule has 0 aliphatic carbocycles. The highest BCUT2D eigenvalue weighted by atomic mass is 19.1.